The van der Waals surface area contributed by atoms with Crippen LogP contribution in [0.5, 0.6) is 0 Å². The van der Waals surface area contributed by atoms with E-state index in [1.54, 1.807) is 0 Å². The van der Waals surface area contributed by atoms with Crippen molar-refractivity contribution in [2.45, 2.75) is 18.9 Å². The highest BCUT2D eigenvalue weighted by molar-refractivity contribution is 7.12. The number of halogens is 3. The lowest BCUT2D eigenvalue weighted by atomic mass is 10.2. The first-order valence-corrected chi connectivity index (χ1v) is 5.90. The van der Waals surface area contributed by atoms with Crippen molar-refractivity contribution < 1.29 is 32.2 Å². The molecule has 19 heavy (non-hydrogen) atoms. The summed E-state index contributed by atoms with van der Waals surface area (Å²) in [7, 11) is 0. The molecular formula is C10H6F3NO4S. The number of rotatable bonds is 3. The van der Waals surface area contributed by atoms with Gasteiger partial charge in [-0.3, -0.25) is 0 Å². The maximum atomic E-state index is 12.6. The molecule has 0 saturated carbocycles. The molecule has 1 aromatic rings. The van der Waals surface area contributed by atoms with E-state index in [0.717, 1.165) is 6.08 Å². The molecule has 0 aromatic carbocycles. The smallest absolute Gasteiger partial charge is 0.419 e. The Morgan fingerprint density at radius 2 is 2.26 bits per heavy atom. The van der Waals surface area contributed by atoms with Crippen LogP contribution in [0.25, 0.3) is 0 Å². The van der Waals surface area contributed by atoms with Crippen molar-refractivity contribution in [3.8, 4) is 0 Å². The Kier molecular flexibility index (Phi) is 3.70. The Balaban J connectivity index is 2.31. The Morgan fingerprint density at radius 1 is 1.58 bits per heavy atom. The van der Waals surface area contributed by atoms with Crippen LogP contribution in [0, 0.1) is 0 Å². The van der Waals surface area contributed by atoms with Crippen LogP contribution >= 0.6 is 11.3 Å². The van der Waals surface area contributed by atoms with Crippen LogP contribution in [-0.2, 0) is 20.4 Å². The third kappa shape index (κ3) is 2.83. The molecule has 1 fully saturated rings. The molecule has 1 atom stereocenters. The molecule has 2 heterocycles. The summed E-state index contributed by atoms with van der Waals surface area (Å²) in [6.07, 6.45) is -3.98. The van der Waals surface area contributed by atoms with Gasteiger partial charge < -0.3 is 9.47 Å². The molecule has 102 valence electrons. The number of isocyanates is 1. The fourth-order valence-corrected chi connectivity index (χ4v) is 2.23. The lowest BCUT2D eigenvalue weighted by molar-refractivity contribution is -0.184. The molecule has 0 aliphatic carbocycles. The lowest BCUT2D eigenvalue weighted by Gasteiger charge is -2.25. The number of carbonyl (C=O) groups is 1. The third-order valence-electron chi connectivity index (χ3n) is 2.31. The molecule has 1 saturated heterocycles. The summed E-state index contributed by atoms with van der Waals surface area (Å²) >= 11 is 0.505. The summed E-state index contributed by atoms with van der Waals surface area (Å²) in [6.45, 7) is 0.426. The SMILES string of the molecule is O=C=Nc1c(C(F)(F)F)csc1C(=O)OC1CCO1. The van der Waals surface area contributed by atoms with Gasteiger partial charge in [0.25, 0.3) is 0 Å². The molecule has 0 amide bonds. The number of carbonyl (C=O) groups excluding carboxylic acids is 2. The molecule has 5 nitrogen and oxygen atoms in total. The van der Waals surface area contributed by atoms with Crippen LogP contribution < -0.4 is 0 Å². The standard InChI is InChI=1S/C10H6F3NO4S/c11-10(12,13)5-3-19-8(7(5)14-4-15)9(16)18-6-1-2-17-6/h3,6H,1-2H2. The number of ether oxygens (including phenoxy) is 2. The van der Waals surface area contributed by atoms with Crippen LogP contribution in [0.2, 0.25) is 0 Å². The van der Waals surface area contributed by atoms with Crippen molar-refractivity contribution in [3.05, 3.63) is 15.8 Å². The summed E-state index contributed by atoms with van der Waals surface area (Å²) in [5, 5.41) is 0.703. The van der Waals surface area contributed by atoms with Gasteiger partial charge in [-0.05, 0) is 0 Å². The van der Waals surface area contributed by atoms with Gasteiger partial charge in [-0.1, -0.05) is 0 Å². The van der Waals surface area contributed by atoms with E-state index in [1.807, 2.05) is 0 Å². The molecule has 2 rings (SSSR count). The van der Waals surface area contributed by atoms with Crippen molar-refractivity contribution in [2.75, 3.05) is 6.61 Å². The van der Waals surface area contributed by atoms with Gasteiger partial charge in [0.1, 0.15) is 10.6 Å². The van der Waals surface area contributed by atoms with Crippen molar-refractivity contribution >= 4 is 29.1 Å². The highest BCUT2D eigenvalue weighted by Crippen LogP contribution is 2.42. The molecule has 1 unspecified atom stereocenters. The Bertz CT molecular complexity index is 543. The maximum absolute atomic E-state index is 12.6. The second kappa shape index (κ2) is 5.12. The number of nitrogens with zero attached hydrogens (tertiary/aromatic N) is 1. The second-order valence-electron chi connectivity index (χ2n) is 3.52. The van der Waals surface area contributed by atoms with Crippen molar-refractivity contribution in [2.24, 2.45) is 4.99 Å². The molecule has 0 radical (unpaired) electrons. The molecule has 0 spiro atoms. The van der Waals surface area contributed by atoms with Gasteiger partial charge in [0.2, 0.25) is 12.4 Å². The maximum Gasteiger partial charge on any atom is 0.419 e. The Morgan fingerprint density at radius 3 is 2.74 bits per heavy atom. The topological polar surface area (TPSA) is 65.0 Å². The largest absolute Gasteiger partial charge is 0.431 e. The summed E-state index contributed by atoms with van der Waals surface area (Å²) in [5.74, 6) is -1.00. The third-order valence-corrected chi connectivity index (χ3v) is 3.26. The molecule has 1 aromatic heterocycles. The van der Waals surface area contributed by atoms with Crippen molar-refractivity contribution in [1.82, 2.24) is 0 Å². The van der Waals surface area contributed by atoms with Gasteiger partial charge in [-0.15, -0.1) is 11.3 Å². The lowest BCUT2D eigenvalue weighted by Crippen LogP contribution is -2.31. The Hall–Kier alpha value is -1.70. The second-order valence-corrected chi connectivity index (χ2v) is 4.40. The van der Waals surface area contributed by atoms with Crippen molar-refractivity contribution in [3.63, 3.8) is 0 Å². The fourth-order valence-electron chi connectivity index (χ4n) is 1.33. The van der Waals surface area contributed by atoms with E-state index in [1.165, 1.54) is 0 Å². The van der Waals surface area contributed by atoms with Gasteiger partial charge in [-0.2, -0.15) is 18.2 Å². The summed E-state index contributed by atoms with van der Waals surface area (Å²) in [6, 6.07) is 0. The number of thiophene rings is 1. The van der Waals surface area contributed by atoms with Crippen LogP contribution in [0.3, 0.4) is 0 Å². The van der Waals surface area contributed by atoms with Gasteiger partial charge >= 0.3 is 12.1 Å². The molecule has 0 bridgehead atoms. The molecule has 1 aliphatic rings. The first kappa shape index (κ1) is 13.7. The zero-order valence-corrected chi connectivity index (χ0v) is 10.0. The van der Waals surface area contributed by atoms with Crippen LogP contribution in [0.1, 0.15) is 21.7 Å². The van der Waals surface area contributed by atoms with Gasteiger partial charge in [0, 0.05) is 11.8 Å². The number of hydrogen-bond donors (Lipinski definition) is 0. The predicted molar refractivity (Wildman–Crippen MR) is 56.9 cm³/mol. The minimum Gasteiger partial charge on any atom is -0.431 e. The van der Waals surface area contributed by atoms with Gasteiger partial charge in [-0.25, -0.2) is 9.59 Å². The normalized spacial score (nSPS) is 18.4. The zero-order chi connectivity index (χ0) is 14.0. The number of esters is 1. The van der Waals surface area contributed by atoms with E-state index < -0.39 is 34.6 Å². The summed E-state index contributed by atoms with van der Waals surface area (Å²) < 4.78 is 47.5. The average Bonchev–Trinajstić information content (AvgIpc) is 2.67. The molecule has 0 N–H and O–H groups in total. The van der Waals surface area contributed by atoms with Crippen LogP contribution in [-0.4, -0.2) is 24.9 Å². The highest BCUT2D eigenvalue weighted by Gasteiger charge is 2.38. The first-order valence-electron chi connectivity index (χ1n) is 5.02. The fraction of sp³-hybridized carbons (Fsp3) is 0.400. The quantitative estimate of drug-likeness (QED) is 0.488. The average molecular weight is 293 g/mol. The monoisotopic (exact) mass is 293 g/mol. The number of hydrogen-bond acceptors (Lipinski definition) is 6. The highest BCUT2D eigenvalue weighted by atomic mass is 32.1. The molecular weight excluding hydrogens is 287 g/mol. The van der Waals surface area contributed by atoms with Crippen LogP contribution in [0.4, 0.5) is 18.9 Å². The van der Waals surface area contributed by atoms with Gasteiger partial charge in [0.05, 0.1) is 12.2 Å². The minimum absolute atomic E-state index is 0.397. The summed E-state index contributed by atoms with van der Waals surface area (Å²) in [5.41, 5.74) is -1.93. The van der Waals surface area contributed by atoms with E-state index in [4.69, 9.17) is 9.47 Å². The molecule has 9 heteroatoms. The van der Waals surface area contributed by atoms with Crippen LogP contribution in [0.15, 0.2) is 10.4 Å². The van der Waals surface area contributed by atoms with E-state index in [9.17, 15) is 22.8 Å². The van der Waals surface area contributed by atoms with E-state index in [0.29, 0.717) is 29.7 Å². The van der Waals surface area contributed by atoms with E-state index in [-0.39, 0.29) is 0 Å². The Labute approximate surface area is 108 Å². The van der Waals surface area contributed by atoms with E-state index >= 15 is 0 Å². The predicted octanol–water partition coefficient (Wildman–Crippen LogP) is 2.64. The number of aliphatic imine (C=N–C) groups is 1. The summed E-state index contributed by atoms with van der Waals surface area (Å²) in [4.78, 5) is 24.4. The zero-order valence-electron chi connectivity index (χ0n) is 9.19. The molecule has 1 aliphatic heterocycles. The van der Waals surface area contributed by atoms with E-state index in [2.05, 4.69) is 4.99 Å². The van der Waals surface area contributed by atoms with Gasteiger partial charge in [0.15, 0.2) is 0 Å². The number of alkyl halides is 3. The van der Waals surface area contributed by atoms with Crippen molar-refractivity contribution in [1.29, 1.82) is 0 Å². The first-order chi connectivity index (χ1) is 8.93. The minimum atomic E-state index is -4.71.